The Labute approximate surface area is 132 Å². The highest BCUT2D eigenvalue weighted by Gasteiger charge is 2.51. The maximum atomic E-state index is 11.3. The molecule has 0 atom stereocenters. The van der Waals surface area contributed by atoms with E-state index in [4.69, 9.17) is 14.0 Å². The molecule has 1 fully saturated rings. The van der Waals surface area contributed by atoms with Gasteiger partial charge in [-0.1, -0.05) is 24.3 Å². The maximum Gasteiger partial charge on any atom is 0.494 e. The summed E-state index contributed by atoms with van der Waals surface area (Å²) in [7, 11) is -0.372. The molecule has 0 bridgehead atoms. The quantitative estimate of drug-likeness (QED) is 0.867. The van der Waals surface area contributed by atoms with E-state index in [2.05, 4.69) is 5.32 Å². The molecule has 1 amide bonds. The third kappa shape index (κ3) is 3.62. The molecule has 2 rings (SSSR count). The Bertz CT molecular complexity index is 511. The van der Waals surface area contributed by atoms with Gasteiger partial charge in [0.05, 0.1) is 11.2 Å². The van der Waals surface area contributed by atoms with E-state index in [1.165, 1.54) is 0 Å². The van der Waals surface area contributed by atoms with Gasteiger partial charge in [-0.2, -0.15) is 0 Å². The van der Waals surface area contributed by atoms with Crippen LogP contribution in [0.3, 0.4) is 0 Å². The van der Waals surface area contributed by atoms with Crippen molar-refractivity contribution in [2.24, 2.45) is 0 Å². The summed E-state index contributed by atoms with van der Waals surface area (Å²) < 4.78 is 17.1. The van der Waals surface area contributed by atoms with Crippen molar-refractivity contribution in [1.82, 2.24) is 5.32 Å². The van der Waals surface area contributed by atoms with Crippen LogP contribution in [0.5, 0.6) is 0 Å². The third-order valence-corrected chi connectivity index (χ3v) is 4.20. The van der Waals surface area contributed by atoms with Gasteiger partial charge < -0.3 is 19.4 Å². The zero-order chi connectivity index (χ0) is 16.4. The number of nitrogens with one attached hydrogen (secondary N) is 1. The van der Waals surface area contributed by atoms with E-state index in [1.54, 1.807) is 0 Å². The maximum absolute atomic E-state index is 11.3. The lowest BCUT2D eigenvalue weighted by Gasteiger charge is -2.32. The van der Waals surface area contributed by atoms with Gasteiger partial charge in [0.15, 0.2) is 0 Å². The summed E-state index contributed by atoms with van der Waals surface area (Å²) in [4.78, 5) is 11.3. The summed E-state index contributed by atoms with van der Waals surface area (Å²) in [6.45, 7) is 10.8. The van der Waals surface area contributed by atoms with Crippen LogP contribution < -0.4 is 10.8 Å². The minimum absolute atomic E-state index is 0.246. The largest absolute Gasteiger partial charge is 0.494 e. The van der Waals surface area contributed by atoms with Crippen molar-refractivity contribution in [2.75, 3.05) is 6.54 Å². The van der Waals surface area contributed by atoms with Crippen molar-refractivity contribution in [3.05, 3.63) is 29.8 Å². The second kappa shape index (κ2) is 6.30. The smallest absolute Gasteiger partial charge is 0.445 e. The van der Waals surface area contributed by atoms with Gasteiger partial charge in [0, 0.05) is 6.54 Å². The minimum atomic E-state index is -0.405. The Morgan fingerprint density at radius 2 is 1.68 bits per heavy atom. The number of hydrogen-bond acceptors (Lipinski definition) is 4. The molecule has 1 heterocycles. The Morgan fingerprint density at radius 1 is 1.14 bits per heavy atom. The van der Waals surface area contributed by atoms with Gasteiger partial charge in [-0.3, -0.25) is 0 Å². The fourth-order valence-corrected chi connectivity index (χ4v) is 2.09. The van der Waals surface area contributed by atoms with Gasteiger partial charge >= 0.3 is 13.2 Å². The van der Waals surface area contributed by atoms with Gasteiger partial charge in [0.2, 0.25) is 0 Å². The number of benzene rings is 1. The Morgan fingerprint density at radius 3 is 2.18 bits per heavy atom. The van der Waals surface area contributed by atoms with E-state index in [0.717, 1.165) is 11.0 Å². The van der Waals surface area contributed by atoms with Crippen LogP contribution in [0.4, 0.5) is 4.79 Å². The molecule has 0 spiro atoms. The number of hydrogen-bond donors (Lipinski definition) is 1. The topological polar surface area (TPSA) is 56.8 Å². The number of rotatable bonds is 4. The molecule has 1 saturated heterocycles. The SMILES string of the molecule is CCNC(=O)OCc1ccc(B2OC(C)(C)C(C)(C)O2)cc1. The Kier molecular flexibility index (Phi) is 4.82. The highest BCUT2D eigenvalue weighted by atomic mass is 16.7. The summed E-state index contributed by atoms with van der Waals surface area (Å²) >= 11 is 0. The fraction of sp³-hybridized carbons (Fsp3) is 0.562. The number of alkyl carbamates (subject to hydrolysis) is 1. The van der Waals surface area contributed by atoms with E-state index in [1.807, 2.05) is 58.9 Å². The van der Waals surface area contributed by atoms with Crippen LogP contribution in [-0.2, 0) is 20.7 Å². The van der Waals surface area contributed by atoms with Gasteiger partial charge in [0.1, 0.15) is 6.61 Å². The van der Waals surface area contributed by atoms with Crippen molar-refractivity contribution in [3.63, 3.8) is 0 Å². The summed E-state index contributed by atoms with van der Waals surface area (Å²) in [5.74, 6) is 0. The minimum Gasteiger partial charge on any atom is -0.445 e. The average Bonchev–Trinajstić information content (AvgIpc) is 2.66. The van der Waals surface area contributed by atoms with Crippen LogP contribution in [0.2, 0.25) is 0 Å². The number of carbonyl (C=O) groups is 1. The lowest BCUT2D eigenvalue weighted by molar-refractivity contribution is 0.00578. The molecule has 22 heavy (non-hydrogen) atoms. The Balaban J connectivity index is 1.97. The van der Waals surface area contributed by atoms with Gasteiger partial charge in [0.25, 0.3) is 0 Å². The Hall–Kier alpha value is -1.53. The van der Waals surface area contributed by atoms with Crippen molar-refractivity contribution < 1.29 is 18.8 Å². The van der Waals surface area contributed by atoms with E-state index in [-0.39, 0.29) is 24.9 Å². The first-order valence-electron chi connectivity index (χ1n) is 7.60. The van der Waals surface area contributed by atoms with Crippen LogP contribution in [0.25, 0.3) is 0 Å². The molecule has 0 saturated carbocycles. The van der Waals surface area contributed by atoms with Gasteiger partial charge in [-0.25, -0.2) is 4.79 Å². The first-order valence-corrected chi connectivity index (χ1v) is 7.60. The molecule has 0 aliphatic carbocycles. The molecule has 0 aromatic heterocycles. The van der Waals surface area contributed by atoms with Crippen LogP contribution >= 0.6 is 0 Å². The molecule has 120 valence electrons. The number of amides is 1. The van der Waals surface area contributed by atoms with Crippen molar-refractivity contribution in [2.45, 2.75) is 52.4 Å². The first kappa shape index (κ1) is 16.8. The first-order chi connectivity index (χ1) is 10.2. The summed E-state index contributed by atoms with van der Waals surface area (Å²) in [6.07, 6.45) is -0.405. The molecule has 6 heteroatoms. The summed E-state index contributed by atoms with van der Waals surface area (Å²) in [6, 6.07) is 7.72. The van der Waals surface area contributed by atoms with E-state index in [0.29, 0.717) is 6.54 Å². The third-order valence-electron chi connectivity index (χ3n) is 4.20. The fourth-order valence-electron chi connectivity index (χ4n) is 2.09. The molecule has 1 aromatic rings. The molecule has 1 N–H and O–H groups in total. The van der Waals surface area contributed by atoms with Crippen LogP contribution in [0, 0.1) is 0 Å². The predicted octanol–water partition coefficient (Wildman–Crippen LogP) is 2.23. The standard InChI is InChI=1S/C16H24BNO4/c1-6-18-14(19)20-11-12-7-9-13(10-8-12)17-21-15(2,3)16(4,5)22-17/h7-10H,6,11H2,1-5H3,(H,18,19). The molecule has 0 radical (unpaired) electrons. The normalized spacial score (nSPS) is 19.0. The number of carbonyl (C=O) groups excluding carboxylic acids is 1. The van der Waals surface area contributed by atoms with Gasteiger partial charge in [-0.05, 0) is 45.6 Å². The van der Waals surface area contributed by atoms with E-state index in [9.17, 15) is 4.79 Å². The zero-order valence-corrected chi connectivity index (χ0v) is 13.9. The zero-order valence-electron chi connectivity index (χ0n) is 13.9. The highest BCUT2D eigenvalue weighted by molar-refractivity contribution is 6.62. The van der Waals surface area contributed by atoms with Crippen LogP contribution in [0.15, 0.2) is 24.3 Å². The second-order valence-electron chi connectivity index (χ2n) is 6.44. The second-order valence-corrected chi connectivity index (χ2v) is 6.44. The molecule has 1 aliphatic heterocycles. The summed E-state index contributed by atoms with van der Waals surface area (Å²) in [5, 5.41) is 2.59. The predicted molar refractivity (Wildman–Crippen MR) is 86.0 cm³/mol. The molecule has 0 unspecified atom stereocenters. The summed E-state index contributed by atoms with van der Waals surface area (Å²) in [5.41, 5.74) is 1.18. The lowest BCUT2D eigenvalue weighted by Crippen LogP contribution is -2.41. The van der Waals surface area contributed by atoms with Crippen molar-refractivity contribution >= 4 is 18.7 Å². The van der Waals surface area contributed by atoms with Crippen LogP contribution in [0.1, 0.15) is 40.2 Å². The molecule has 1 aliphatic rings. The van der Waals surface area contributed by atoms with Crippen molar-refractivity contribution in [1.29, 1.82) is 0 Å². The average molecular weight is 305 g/mol. The molecule has 1 aromatic carbocycles. The van der Waals surface area contributed by atoms with E-state index >= 15 is 0 Å². The number of ether oxygens (including phenoxy) is 1. The van der Waals surface area contributed by atoms with E-state index < -0.39 is 6.09 Å². The highest BCUT2D eigenvalue weighted by Crippen LogP contribution is 2.36. The van der Waals surface area contributed by atoms with Gasteiger partial charge in [-0.15, -0.1) is 0 Å². The monoisotopic (exact) mass is 305 g/mol. The molecular formula is C16H24BNO4. The lowest BCUT2D eigenvalue weighted by atomic mass is 9.79. The molecule has 5 nitrogen and oxygen atoms in total. The molecular weight excluding hydrogens is 281 g/mol. The van der Waals surface area contributed by atoms with Crippen molar-refractivity contribution in [3.8, 4) is 0 Å². The van der Waals surface area contributed by atoms with Crippen LogP contribution in [-0.4, -0.2) is 31.0 Å².